The fourth-order valence-corrected chi connectivity index (χ4v) is 3.74. The maximum absolute atomic E-state index is 12.6. The molecule has 0 radical (unpaired) electrons. The minimum atomic E-state index is -4.46. The van der Waals surface area contributed by atoms with Gasteiger partial charge in [-0.3, -0.25) is 4.79 Å². The molecule has 1 unspecified atom stereocenters. The van der Waals surface area contributed by atoms with Gasteiger partial charge in [0.25, 0.3) is 5.91 Å². The second kappa shape index (κ2) is 17.4. The van der Waals surface area contributed by atoms with Crippen molar-refractivity contribution in [1.82, 2.24) is 5.32 Å². The summed E-state index contributed by atoms with van der Waals surface area (Å²) in [7, 11) is 0. The van der Waals surface area contributed by atoms with Crippen LogP contribution >= 0.6 is 0 Å². The van der Waals surface area contributed by atoms with Crippen molar-refractivity contribution in [3.8, 4) is 0 Å². The Bertz CT molecular complexity index is 689. The fraction of sp³-hybridized carbons (Fsp3) is 0.704. The van der Waals surface area contributed by atoms with Gasteiger partial charge in [-0.15, -0.1) is 0 Å². The molecular weight excluding hydrogens is 443 g/mol. The molecule has 34 heavy (non-hydrogen) atoms. The second-order valence-corrected chi connectivity index (χ2v) is 9.03. The number of halogens is 3. The molecule has 4 nitrogen and oxygen atoms in total. The summed E-state index contributed by atoms with van der Waals surface area (Å²) in [6.07, 6.45) is 13.0. The van der Waals surface area contributed by atoms with Crippen molar-refractivity contribution in [1.29, 1.82) is 0 Å². The monoisotopic (exact) mass is 485 g/mol. The molecule has 0 aliphatic heterocycles. The van der Waals surface area contributed by atoms with Crippen LogP contribution in [-0.4, -0.2) is 24.5 Å². The summed E-state index contributed by atoms with van der Waals surface area (Å²) in [6.45, 7) is 4.04. The highest BCUT2D eigenvalue weighted by atomic mass is 19.4. The molecule has 0 aromatic heterocycles. The third-order valence-corrected chi connectivity index (χ3v) is 5.92. The molecule has 0 heterocycles. The maximum atomic E-state index is 12.6. The summed E-state index contributed by atoms with van der Waals surface area (Å²) >= 11 is 0. The van der Waals surface area contributed by atoms with Gasteiger partial charge < -0.3 is 10.1 Å². The van der Waals surface area contributed by atoms with Crippen LogP contribution in [0.3, 0.4) is 0 Å². The number of amides is 1. The molecule has 7 heteroatoms. The van der Waals surface area contributed by atoms with Gasteiger partial charge in [0.1, 0.15) is 6.04 Å². The molecule has 0 saturated carbocycles. The van der Waals surface area contributed by atoms with Crippen LogP contribution in [0.4, 0.5) is 13.2 Å². The molecule has 1 amide bonds. The van der Waals surface area contributed by atoms with Crippen LogP contribution in [0, 0.1) is 0 Å². The van der Waals surface area contributed by atoms with Crippen LogP contribution in [0.5, 0.6) is 0 Å². The molecule has 1 rings (SSSR count). The largest absolute Gasteiger partial charge is 0.464 e. The zero-order valence-corrected chi connectivity index (χ0v) is 20.9. The van der Waals surface area contributed by atoms with Gasteiger partial charge in [-0.05, 0) is 37.6 Å². The first-order chi connectivity index (χ1) is 16.3. The number of unbranched alkanes of at least 4 members (excludes halogenated alkanes) is 13. The van der Waals surface area contributed by atoms with Crippen LogP contribution < -0.4 is 5.32 Å². The number of hydrogen-bond acceptors (Lipinski definition) is 3. The first kappa shape index (κ1) is 30.0. The number of nitrogens with one attached hydrogen (secondary N) is 1. The predicted molar refractivity (Wildman–Crippen MR) is 130 cm³/mol. The summed E-state index contributed by atoms with van der Waals surface area (Å²) in [4.78, 5) is 24.2. The number of benzene rings is 1. The van der Waals surface area contributed by atoms with Crippen molar-refractivity contribution in [3.63, 3.8) is 0 Å². The highest BCUT2D eigenvalue weighted by Crippen LogP contribution is 2.29. The summed E-state index contributed by atoms with van der Waals surface area (Å²) < 4.78 is 43.0. The molecule has 1 N–H and O–H groups in total. The number of carbonyl (C=O) groups is 2. The quantitative estimate of drug-likeness (QED) is 0.170. The summed E-state index contributed by atoms with van der Waals surface area (Å²) in [5.74, 6) is -1.16. The van der Waals surface area contributed by atoms with E-state index in [1.807, 2.05) is 0 Å². The van der Waals surface area contributed by atoms with Crippen LogP contribution in [0.1, 0.15) is 120 Å². The molecule has 1 aromatic rings. The Morgan fingerprint density at radius 3 is 1.68 bits per heavy atom. The highest BCUT2D eigenvalue weighted by Gasteiger charge is 2.30. The normalized spacial score (nSPS) is 12.4. The van der Waals surface area contributed by atoms with Crippen molar-refractivity contribution in [2.24, 2.45) is 0 Å². The van der Waals surface area contributed by atoms with Gasteiger partial charge in [0.15, 0.2) is 0 Å². The minimum Gasteiger partial charge on any atom is -0.464 e. The van der Waals surface area contributed by atoms with Crippen LogP contribution in [-0.2, 0) is 15.7 Å². The van der Waals surface area contributed by atoms with E-state index in [-0.39, 0.29) is 5.56 Å². The number of carbonyl (C=O) groups excluding carboxylic acids is 2. The first-order valence-corrected chi connectivity index (χ1v) is 12.9. The second-order valence-electron chi connectivity index (χ2n) is 9.03. The van der Waals surface area contributed by atoms with Gasteiger partial charge in [0, 0.05) is 5.56 Å². The molecule has 0 fully saturated rings. The summed E-state index contributed by atoms with van der Waals surface area (Å²) in [5.41, 5.74) is -0.774. The molecule has 0 spiro atoms. The minimum absolute atomic E-state index is 0.0552. The fourth-order valence-electron chi connectivity index (χ4n) is 3.74. The SMILES string of the molecule is CCCCCCCCCCCCCCCCOC(=O)C(C)NC(=O)c1ccc(C(F)(F)F)cc1. The first-order valence-electron chi connectivity index (χ1n) is 12.9. The van der Waals surface area contributed by atoms with Crippen molar-refractivity contribution >= 4 is 11.9 Å². The van der Waals surface area contributed by atoms with E-state index in [1.165, 1.54) is 77.6 Å². The van der Waals surface area contributed by atoms with E-state index in [0.29, 0.717) is 6.61 Å². The number of ether oxygens (including phenoxy) is 1. The van der Waals surface area contributed by atoms with Gasteiger partial charge in [0.2, 0.25) is 0 Å². The smallest absolute Gasteiger partial charge is 0.416 e. The third kappa shape index (κ3) is 13.6. The van der Waals surface area contributed by atoms with Gasteiger partial charge in [-0.2, -0.15) is 13.2 Å². The Kier molecular flexibility index (Phi) is 15.3. The third-order valence-electron chi connectivity index (χ3n) is 5.92. The summed E-state index contributed by atoms with van der Waals surface area (Å²) in [5, 5.41) is 2.46. The van der Waals surface area contributed by atoms with Crippen LogP contribution in [0.25, 0.3) is 0 Å². The Balaban J connectivity index is 2.04. The standard InChI is InChI=1S/C27H42F3NO3/c1-3-4-5-6-7-8-9-10-11-12-13-14-15-16-21-34-26(33)22(2)31-25(32)23-17-19-24(20-18-23)27(28,29)30/h17-20,22H,3-16,21H2,1-2H3,(H,31,32). The number of esters is 1. The topological polar surface area (TPSA) is 55.4 Å². The number of alkyl halides is 3. The van der Waals surface area contributed by atoms with Gasteiger partial charge in [-0.25, -0.2) is 4.79 Å². The molecule has 0 saturated heterocycles. The Morgan fingerprint density at radius 2 is 1.24 bits per heavy atom. The van der Waals surface area contributed by atoms with E-state index in [2.05, 4.69) is 12.2 Å². The van der Waals surface area contributed by atoms with Crippen molar-refractivity contribution in [2.45, 2.75) is 116 Å². The zero-order chi connectivity index (χ0) is 25.2. The maximum Gasteiger partial charge on any atom is 0.416 e. The van der Waals surface area contributed by atoms with Crippen molar-refractivity contribution < 1.29 is 27.5 Å². The van der Waals surface area contributed by atoms with Gasteiger partial charge in [0.05, 0.1) is 12.2 Å². The number of hydrogen-bond donors (Lipinski definition) is 1. The van der Waals surface area contributed by atoms with E-state index in [4.69, 9.17) is 4.74 Å². The van der Waals surface area contributed by atoms with E-state index in [9.17, 15) is 22.8 Å². The Morgan fingerprint density at radius 1 is 0.794 bits per heavy atom. The lowest BCUT2D eigenvalue weighted by Crippen LogP contribution is -2.39. The highest BCUT2D eigenvalue weighted by molar-refractivity contribution is 5.96. The van der Waals surface area contributed by atoms with Crippen LogP contribution in [0.2, 0.25) is 0 Å². The van der Waals surface area contributed by atoms with E-state index < -0.39 is 29.7 Å². The molecule has 0 bridgehead atoms. The molecule has 1 aromatic carbocycles. The van der Waals surface area contributed by atoms with Crippen LogP contribution in [0.15, 0.2) is 24.3 Å². The van der Waals surface area contributed by atoms with Gasteiger partial charge in [-0.1, -0.05) is 90.4 Å². The molecule has 0 aliphatic carbocycles. The molecule has 0 aliphatic rings. The lowest BCUT2D eigenvalue weighted by molar-refractivity contribution is -0.145. The lowest BCUT2D eigenvalue weighted by atomic mass is 10.0. The van der Waals surface area contributed by atoms with Crippen molar-refractivity contribution in [2.75, 3.05) is 6.61 Å². The van der Waals surface area contributed by atoms with Gasteiger partial charge >= 0.3 is 12.1 Å². The Labute approximate surface area is 203 Å². The van der Waals surface area contributed by atoms with E-state index in [1.54, 1.807) is 0 Å². The average molecular weight is 486 g/mol. The molecular formula is C27H42F3NO3. The molecule has 1 atom stereocenters. The zero-order valence-electron chi connectivity index (χ0n) is 20.9. The summed E-state index contributed by atoms with van der Waals surface area (Å²) in [6, 6.07) is 2.98. The predicted octanol–water partition coefficient (Wildman–Crippen LogP) is 7.85. The number of rotatable bonds is 18. The van der Waals surface area contributed by atoms with E-state index in [0.717, 1.165) is 43.5 Å². The van der Waals surface area contributed by atoms with Crippen molar-refractivity contribution in [3.05, 3.63) is 35.4 Å². The van der Waals surface area contributed by atoms with E-state index >= 15 is 0 Å². The Hall–Kier alpha value is -2.05. The lowest BCUT2D eigenvalue weighted by Gasteiger charge is -2.14. The average Bonchev–Trinajstić information content (AvgIpc) is 2.80. The molecule has 194 valence electrons.